The highest BCUT2D eigenvalue weighted by Crippen LogP contribution is 2.21. The molecule has 180 valence electrons. The SMILES string of the molecule is CC(C)N(C)S(=O)(=O)c1cccc(C(=O)OCc2cccc(S(=O)(=O)N3CCOCC3)c2)c1. The predicted octanol–water partition coefficient (Wildman–Crippen LogP) is 2.09. The van der Waals surface area contributed by atoms with Crippen LogP contribution in [0.1, 0.15) is 29.8 Å². The summed E-state index contributed by atoms with van der Waals surface area (Å²) in [5, 5.41) is 0. The summed E-state index contributed by atoms with van der Waals surface area (Å²) >= 11 is 0. The van der Waals surface area contributed by atoms with Gasteiger partial charge in [-0.05, 0) is 49.7 Å². The topological polar surface area (TPSA) is 110 Å². The van der Waals surface area contributed by atoms with Crippen LogP contribution < -0.4 is 0 Å². The van der Waals surface area contributed by atoms with E-state index in [-0.39, 0.29) is 41.1 Å². The maximum absolute atomic E-state index is 12.8. The van der Waals surface area contributed by atoms with E-state index in [0.29, 0.717) is 18.8 Å². The lowest BCUT2D eigenvalue weighted by molar-refractivity contribution is 0.0472. The summed E-state index contributed by atoms with van der Waals surface area (Å²) in [7, 11) is -5.94. The number of sulfonamides is 2. The van der Waals surface area contributed by atoms with Crippen molar-refractivity contribution in [1.29, 1.82) is 0 Å². The van der Waals surface area contributed by atoms with Crippen LogP contribution in [-0.4, -0.2) is 70.8 Å². The molecule has 2 aromatic carbocycles. The van der Waals surface area contributed by atoms with Gasteiger partial charge in [-0.3, -0.25) is 0 Å². The summed E-state index contributed by atoms with van der Waals surface area (Å²) in [6.45, 7) is 4.61. The highest BCUT2D eigenvalue weighted by atomic mass is 32.2. The zero-order valence-corrected chi connectivity index (χ0v) is 20.4. The van der Waals surface area contributed by atoms with Crippen molar-refractivity contribution in [2.24, 2.45) is 0 Å². The second-order valence-corrected chi connectivity index (χ2v) is 11.8. The zero-order chi connectivity index (χ0) is 24.2. The van der Waals surface area contributed by atoms with Gasteiger partial charge in [0.2, 0.25) is 20.0 Å². The van der Waals surface area contributed by atoms with Crippen molar-refractivity contribution >= 4 is 26.0 Å². The molecule has 0 aromatic heterocycles. The second kappa shape index (κ2) is 10.3. The van der Waals surface area contributed by atoms with Crippen molar-refractivity contribution in [1.82, 2.24) is 8.61 Å². The first kappa shape index (κ1) is 25.3. The molecule has 1 aliphatic heterocycles. The molecule has 0 radical (unpaired) electrons. The lowest BCUT2D eigenvalue weighted by Crippen LogP contribution is -2.40. The highest BCUT2D eigenvalue weighted by Gasteiger charge is 2.27. The number of esters is 1. The molecule has 1 aliphatic rings. The molecule has 33 heavy (non-hydrogen) atoms. The Morgan fingerprint density at radius 2 is 1.67 bits per heavy atom. The van der Waals surface area contributed by atoms with E-state index in [4.69, 9.17) is 9.47 Å². The quantitative estimate of drug-likeness (QED) is 0.515. The van der Waals surface area contributed by atoms with E-state index in [0.717, 1.165) is 0 Å². The average Bonchev–Trinajstić information content (AvgIpc) is 2.82. The fourth-order valence-electron chi connectivity index (χ4n) is 3.19. The van der Waals surface area contributed by atoms with Crippen LogP contribution in [0.3, 0.4) is 0 Å². The summed E-state index contributed by atoms with van der Waals surface area (Å²) < 4.78 is 64.2. The van der Waals surface area contributed by atoms with Crippen LogP contribution in [0.5, 0.6) is 0 Å². The number of hydrogen-bond donors (Lipinski definition) is 0. The number of carbonyl (C=O) groups excluding carboxylic acids is 1. The molecule has 0 spiro atoms. The largest absolute Gasteiger partial charge is 0.457 e. The molecule has 2 aromatic rings. The van der Waals surface area contributed by atoms with Crippen LogP contribution in [-0.2, 0) is 36.1 Å². The average molecular weight is 497 g/mol. The maximum atomic E-state index is 12.8. The van der Waals surface area contributed by atoms with Gasteiger partial charge in [0.1, 0.15) is 6.61 Å². The van der Waals surface area contributed by atoms with E-state index < -0.39 is 26.0 Å². The molecule has 1 fully saturated rings. The van der Waals surface area contributed by atoms with Gasteiger partial charge >= 0.3 is 5.97 Å². The minimum absolute atomic E-state index is 0.00764. The monoisotopic (exact) mass is 496 g/mol. The van der Waals surface area contributed by atoms with Crippen molar-refractivity contribution in [2.75, 3.05) is 33.4 Å². The highest BCUT2D eigenvalue weighted by molar-refractivity contribution is 7.89. The molecule has 0 amide bonds. The summed E-state index contributed by atoms with van der Waals surface area (Å²) in [4.78, 5) is 12.7. The van der Waals surface area contributed by atoms with Gasteiger partial charge in [0, 0.05) is 26.2 Å². The van der Waals surface area contributed by atoms with E-state index in [2.05, 4.69) is 0 Å². The Hall–Kier alpha value is -2.31. The Morgan fingerprint density at radius 3 is 2.33 bits per heavy atom. The number of ether oxygens (including phenoxy) is 2. The second-order valence-electron chi connectivity index (χ2n) is 7.88. The first-order chi connectivity index (χ1) is 15.5. The number of rotatable bonds is 8. The van der Waals surface area contributed by atoms with Crippen molar-refractivity contribution in [3.8, 4) is 0 Å². The first-order valence-electron chi connectivity index (χ1n) is 10.5. The Morgan fingerprint density at radius 1 is 1.03 bits per heavy atom. The summed E-state index contributed by atoms with van der Waals surface area (Å²) in [5.41, 5.74) is 0.589. The van der Waals surface area contributed by atoms with E-state index in [9.17, 15) is 21.6 Å². The van der Waals surface area contributed by atoms with Crippen LogP contribution in [0.15, 0.2) is 58.3 Å². The smallest absolute Gasteiger partial charge is 0.338 e. The van der Waals surface area contributed by atoms with Crippen molar-refractivity contribution in [3.63, 3.8) is 0 Å². The minimum atomic E-state index is -3.75. The van der Waals surface area contributed by atoms with Gasteiger partial charge in [0.25, 0.3) is 0 Å². The number of hydrogen-bond acceptors (Lipinski definition) is 7. The van der Waals surface area contributed by atoms with Crippen LogP contribution in [0.2, 0.25) is 0 Å². The van der Waals surface area contributed by atoms with Crippen LogP contribution in [0.4, 0.5) is 0 Å². The molecule has 1 saturated heterocycles. The molecule has 1 heterocycles. The molecular weight excluding hydrogens is 468 g/mol. The minimum Gasteiger partial charge on any atom is -0.457 e. The molecule has 0 aliphatic carbocycles. The van der Waals surface area contributed by atoms with Gasteiger partial charge in [-0.15, -0.1) is 0 Å². The lowest BCUT2D eigenvalue weighted by Gasteiger charge is -2.26. The predicted molar refractivity (Wildman–Crippen MR) is 122 cm³/mol. The van der Waals surface area contributed by atoms with E-state index >= 15 is 0 Å². The molecule has 11 heteroatoms. The first-order valence-corrected chi connectivity index (χ1v) is 13.3. The van der Waals surface area contributed by atoms with Gasteiger partial charge < -0.3 is 9.47 Å². The Bertz CT molecular complexity index is 1200. The van der Waals surface area contributed by atoms with E-state index in [1.54, 1.807) is 26.0 Å². The molecule has 0 unspecified atom stereocenters. The molecule has 3 rings (SSSR count). The summed E-state index contributed by atoms with van der Waals surface area (Å²) in [6.07, 6.45) is 0. The van der Waals surface area contributed by atoms with Crippen molar-refractivity contribution in [2.45, 2.75) is 36.3 Å². The molecule has 9 nitrogen and oxygen atoms in total. The van der Waals surface area contributed by atoms with Crippen LogP contribution in [0.25, 0.3) is 0 Å². The molecule has 0 atom stereocenters. The summed E-state index contributed by atoms with van der Waals surface area (Å²) in [5.74, 6) is -0.708. The maximum Gasteiger partial charge on any atom is 0.338 e. The van der Waals surface area contributed by atoms with Crippen molar-refractivity contribution < 1.29 is 31.1 Å². The fourth-order valence-corrected chi connectivity index (χ4v) is 6.08. The third-order valence-electron chi connectivity index (χ3n) is 5.35. The van der Waals surface area contributed by atoms with Gasteiger partial charge in [-0.1, -0.05) is 18.2 Å². The van der Waals surface area contributed by atoms with Gasteiger partial charge in [-0.25, -0.2) is 21.6 Å². The molecular formula is C22H28N2O7S2. The number of morpholine rings is 1. The Labute approximate surface area is 195 Å². The van der Waals surface area contributed by atoms with Gasteiger partial charge in [-0.2, -0.15) is 8.61 Å². The van der Waals surface area contributed by atoms with Crippen LogP contribution in [0, 0.1) is 0 Å². The number of nitrogens with zero attached hydrogens (tertiary/aromatic N) is 2. The molecule has 0 saturated carbocycles. The lowest BCUT2D eigenvalue weighted by atomic mass is 10.2. The zero-order valence-electron chi connectivity index (χ0n) is 18.8. The normalized spacial score (nSPS) is 15.7. The fraction of sp³-hybridized carbons (Fsp3) is 0.409. The standard InChI is InChI=1S/C22H28N2O7S2/c1-17(2)23(3)32(26,27)21-9-5-7-19(15-21)22(25)31-16-18-6-4-8-20(14-18)33(28,29)24-10-12-30-13-11-24/h4-9,14-15,17H,10-13,16H2,1-3H3. The van der Waals surface area contributed by atoms with E-state index in [1.807, 2.05) is 0 Å². The number of benzene rings is 2. The third kappa shape index (κ3) is 5.79. The molecule has 0 bridgehead atoms. The summed E-state index contributed by atoms with van der Waals surface area (Å²) in [6, 6.07) is 11.6. The van der Waals surface area contributed by atoms with Crippen LogP contribution >= 0.6 is 0 Å². The number of carbonyl (C=O) groups is 1. The Balaban J connectivity index is 1.72. The van der Waals surface area contributed by atoms with E-state index in [1.165, 1.54) is 52.1 Å². The Kier molecular flexibility index (Phi) is 7.91. The van der Waals surface area contributed by atoms with Crippen molar-refractivity contribution in [3.05, 3.63) is 59.7 Å². The molecule has 0 N–H and O–H groups in total. The van der Waals surface area contributed by atoms with Gasteiger partial charge in [0.15, 0.2) is 0 Å². The van der Waals surface area contributed by atoms with Gasteiger partial charge in [0.05, 0.1) is 28.6 Å². The third-order valence-corrected chi connectivity index (χ3v) is 9.27.